The smallest absolute Gasteiger partial charge is 0.294 e. The summed E-state index contributed by atoms with van der Waals surface area (Å²) in [7, 11) is 0. The van der Waals surface area contributed by atoms with Crippen LogP contribution in [-0.4, -0.2) is 51.1 Å². The van der Waals surface area contributed by atoms with Gasteiger partial charge in [-0.3, -0.25) is 19.3 Å². The average molecular weight is 490 g/mol. The summed E-state index contributed by atoms with van der Waals surface area (Å²) < 4.78 is 15.5. The molecule has 1 aromatic heterocycles. The van der Waals surface area contributed by atoms with E-state index in [2.05, 4.69) is 0 Å². The quantitative estimate of drug-likeness (QED) is 0.545. The number of carbonyl (C=O) groups excluding carboxylic acids is 3. The number of thioether (sulfide) groups is 1. The van der Waals surface area contributed by atoms with E-state index in [9.17, 15) is 18.8 Å². The van der Waals surface area contributed by atoms with Gasteiger partial charge in [0, 0.05) is 30.2 Å². The van der Waals surface area contributed by atoms with Gasteiger partial charge >= 0.3 is 0 Å². The van der Waals surface area contributed by atoms with Crippen molar-refractivity contribution in [3.63, 3.8) is 0 Å². The molecular weight excluding hydrogens is 465 g/mol. The minimum absolute atomic E-state index is 0.0248. The number of halogens is 2. The summed E-state index contributed by atoms with van der Waals surface area (Å²) >= 11 is 6.79. The minimum Gasteiger partial charge on any atom is -0.341 e. The number of likely N-dealkylation sites (tertiary alicyclic amines) is 1. The second-order valence-corrected chi connectivity index (χ2v) is 9.72. The number of aromatic nitrogens is 1. The van der Waals surface area contributed by atoms with Crippen molar-refractivity contribution in [1.29, 1.82) is 0 Å². The number of aryl methyl sites for hydroxylation is 1. The molecule has 3 heterocycles. The fraction of sp³-hybridized carbons (Fsp3) is 0.375. The maximum atomic E-state index is 13.6. The minimum atomic E-state index is -0.494. The average Bonchev–Trinajstić information content (AvgIpc) is 3.07. The third kappa shape index (κ3) is 4.87. The van der Waals surface area contributed by atoms with E-state index < -0.39 is 17.0 Å². The Morgan fingerprint density at radius 1 is 1.12 bits per heavy atom. The topological polar surface area (TPSA) is 62.6 Å². The van der Waals surface area contributed by atoms with Crippen LogP contribution in [0.4, 0.5) is 9.18 Å². The highest BCUT2D eigenvalue weighted by Crippen LogP contribution is 2.34. The Bertz CT molecular complexity index is 1150. The number of nitrogens with zero attached hydrogens (tertiary/aromatic N) is 3. The number of hydrogen-bond acceptors (Lipinski definition) is 4. The lowest BCUT2D eigenvalue weighted by Crippen LogP contribution is -2.42. The van der Waals surface area contributed by atoms with Gasteiger partial charge in [0.1, 0.15) is 12.4 Å². The fourth-order valence-electron chi connectivity index (χ4n) is 4.29. The van der Waals surface area contributed by atoms with Gasteiger partial charge < -0.3 is 9.47 Å². The molecule has 0 bridgehead atoms. The highest BCUT2D eigenvalue weighted by molar-refractivity contribution is 8.18. The Balaban J connectivity index is 1.55. The number of benzene rings is 1. The van der Waals surface area contributed by atoms with E-state index in [1.807, 2.05) is 24.5 Å². The summed E-state index contributed by atoms with van der Waals surface area (Å²) in [6, 6.07) is 6.38. The van der Waals surface area contributed by atoms with Crippen LogP contribution in [0.2, 0.25) is 5.02 Å². The number of rotatable bonds is 4. The molecule has 0 aliphatic carbocycles. The zero-order valence-corrected chi connectivity index (χ0v) is 20.1. The van der Waals surface area contributed by atoms with Gasteiger partial charge in [-0.25, -0.2) is 4.39 Å². The van der Waals surface area contributed by atoms with Crippen molar-refractivity contribution in [2.24, 2.45) is 0 Å². The predicted molar refractivity (Wildman–Crippen MR) is 128 cm³/mol. The summed E-state index contributed by atoms with van der Waals surface area (Å²) in [5.41, 5.74) is 3.16. The van der Waals surface area contributed by atoms with E-state index in [0.717, 1.165) is 59.3 Å². The van der Waals surface area contributed by atoms with Gasteiger partial charge in [0.2, 0.25) is 5.91 Å². The van der Waals surface area contributed by atoms with Crippen LogP contribution in [0.15, 0.2) is 29.2 Å². The Labute approximate surface area is 201 Å². The van der Waals surface area contributed by atoms with Crippen molar-refractivity contribution in [2.75, 3.05) is 19.6 Å². The molecule has 2 saturated heterocycles. The van der Waals surface area contributed by atoms with E-state index in [1.165, 1.54) is 6.07 Å². The standard InChI is InChI=1S/C24H25ClFN3O3S/c1-15-11-17(16(2)29(15)18-7-8-20(26)19(25)13-18)12-21-23(31)28(24(32)33-21)14-22(30)27-9-5-3-4-6-10-27/h7-8,11-13H,3-6,9-10,14H2,1-2H3. The Morgan fingerprint density at radius 3 is 2.48 bits per heavy atom. The lowest BCUT2D eigenvalue weighted by Gasteiger charge is -2.22. The summed E-state index contributed by atoms with van der Waals surface area (Å²) in [6.07, 6.45) is 5.75. The predicted octanol–water partition coefficient (Wildman–Crippen LogP) is 5.33. The molecule has 2 aromatic rings. The zero-order chi connectivity index (χ0) is 23.7. The van der Waals surface area contributed by atoms with Crippen LogP contribution < -0.4 is 0 Å². The normalized spacial score (nSPS) is 18.4. The molecule has 33 heavy (non-hydrogen) atoms. The SMILES string of the molecule is Cc1cc(C=C2SC(=O)N(CC(=O)N3CCCCCC3)C2=O)c(C)n1-c1ccc(F)c(Cl)c1. The number of imide groups is 1. The Hall–Kier alpha value is -2.58. The molecule has 0 spiro atoms. The highest BCUT2D eigenvalue weighted by atomic mass is 35.5. The van der Waals surface area contributed by atoms with Crippen molar-refractivity contribution < 1.29 is 18.8 Å². The number of carbonyl (C=O) groups is 3. The van der Waals surface area contributed by atoms with Gasteiger partial charge in [0.05, 0.1) is 9.93 Å². The monoisotopic (exact) mass is 489 g/mol. The molecule has 1 aromatic carbocycles. The molecule has 0 N–H and O–H groups in total. The lowest BCUT2D eigenvalue weighted by molar-refractivity contribution is -0.135. The van der Waals surface area contributed by atoms with Crippen molar-refractivity contribution in [3.05, 3.63) is 57.0 Å². The van der Waals surface area contributed by atoms with Gasteiger partial charge in [0.25, 0.3) is 11.1 Å². The molecule has 0 radical (unpaired) electrons. The first-order valence-corrected chi connectivity index (χ1v) is 12.1. The number of hydrogen-bond donors (Lipinski definition) is 0. The molecule has 2 aliphatic rings. The third-order valence-corrected chi connectivity index (χ3v) is 7.24. The molecule has 3 amide bonds. The molecule has 0 atom stereocenters. The first kappa shape index (κ1) is 23.6. The Morgan fingerprint density at radius 2 is 1.82 bits per heavy atom. The summed E-state index contributed by atoms with van der Waals surface area (Å²) in [5, 5.41) is -0.412. The van der Waals surface area contributed by atoms with E-state index in [4.69, 9.17) is 11.6 Å². The molecule has 174 valence electrons. The molecule has 0 saturated carbocycles. The van der Waals surface area contributed by atoms with Crippen LogP contribution in [0.25, 0.3) is 11.8 Å². The van der Waals surface area contributed by atoms with Crippen molar-refractivity contribution in [1.82, 2.24) is 14.4 Å². The van der Waals surface area contributed by atoms with Gasteiger partial charge in [-0.15, -0.1) is 0 Å². The molecule has 4 rings (SSSR count). The van der Waals surface area contributed by atoms with Crippen molar-refractivity contribution in [3.8, 4) is 5.69 Å². The molecule has 6 nitrogen and oxygen atoms in total. The third-order valence-electron chi connectivity index (χ3n) is 6.04. The second kappa shape index (κ2) is 9.73. The van der Waals surface area contributed by atoms with Crippen LogP contribution in [0.5, 0.6) is 0 Å². The van der Waals surface area contributed by atoms with Gasteiger partial charge in [0.15, 0.2) is 0 Å². The van der Waals surface area contributed by atoms with Gasteiger partial charge in [-0.05, 0) is 74.4 Å². The second-order valence-electron chi connectivity index (χ2n) is 8.32. The first-order valence-electron chi connectivity index (χ1n) is 10.9. The lowest BCUT2D eigenvalue weighted by atomic mass is 10.2. The summed E-state index contributed by atoms with van der Waals surface area (Å²) in [6.45, 7) is 4.89. The number of amides is 3. The fourth-order valence-corrected chi connectivity index (χ4v) is 5.29. The van der Waals surface area contributed by atoms with Crippen LogP contribution in [0.1, 0.15) is 42.6 Å². The highest BCUT2D eigenvalue weighted by Gasteiger charge is 2.37. The van der Waals surface area contributed by atoms with Gasteiger partial charge in [-0.1, -0.05) is 24.4 Å². The zero-order valence-electron chi connectivity index (χ0n) is 18.6. The van der Waals surface area contributed by atoms with E-state index >= 15 is 0 Å². The van der Waals surface area contributed by atoms with E-state index in [1.54, 1.807) is 23.1 Å². The van der Waals surface area contributed by atoms with Crippen molar-refractivity contribution >= 4 is 46.5 Å². The maximum Gasteiger partial charge on any atom is 0.294 e. The molecule has 2 aliphatic heterocycles. The molecule has 9 heteroatoms. The van der Waals surface area contributed by atoms with E-state index in [0.29, 0.717) is 18.8 Å². The van der Waals surface area contributed by atoms with E-state index in [-0.39, 0.29) is 22.4 Å². The van der Waals surface area contributed by atoms with Crippen LogP contribution in [0.3, 0.4) is 0 Å². The van der Waals surface area contributed by atoms with Crippen LogP contribution in [-0.2, 0) is 9.59 Å². The maximum absolute atomic E-state index is 13.6. The summed E-state index contributed by atoms with van der Waals surface area (Å²) in [4.78, 5) is 41.2. The van der Waals surface area contributed by atoms with Crippen LogP contribution in [0, 0.1) is 19.7 Å². The van der Waals surface area contributed by atoms with Gasteiger partial charge in [-0.2, -0.15) is 0 Å². The van der Waals surface area contributed by atoms with Crippen LogP contribution >= 0.6 is 23.4 Å². The summed E-state index contributed by atoms with van der Waals surface area (Å²) in [5.74, 6) is -1.14. The Kier molecular flexibility index (Phi) is 6.95. The molecular formula is C24H25ClFN3O3S. The van der Waals surface area contributed by atoms with Crippen molar-refractivity contribution in [2.45, 2.75) is 39.5 Å². The largest absolute Gasteiger partial charge is 0.341 e. The first-order chi connectivity index (χ1) is 15.8. The molecule has 0 unspecified atom stereocenters. The molecule has 2 fully saturated rings.